The fraction of sp³-hybridized carbons (Fsp3) is 0.333. The molecular formula is C15H17NO3. The molecule has 0 aliphatic heterocycles. The Morgan fingerprint density at radius 2 is 1.89 bits per heavy atom. The van der Waals surface area contributed by atoms with Crippen LogP contribution in [-0.2, 0) is 9.53 Å². The molecule has 1 N–H and O–H groups in total. The molecular weight excluding hydrogens is 242 g/mol. The number of hydrogen-bond acceptors (Lipinski definition) is 4. The number of nitrogens with zero attached hydrogens (tertiary/aromatic N) is 1. The van der Waals surface area contributed by atoms with Gasteiger partial charge in [0.1, 0.15) is 17.4 Å². The van der Waals surface area contributed by atoms with E-state index in [-0.39, 0.29) is 17.4 Å². The maximum absolute atomic E-state index is 11.7. The summed E-state index contributed by atoms with van der Waals surface area (Å²) in [6.07, 6.45) is 1.19. The third-order valence-corrected chi connectivity index (χ3v) is 2.51. The fourth-order valence-corrected chi connectivity index (χ4v) is 1.65. The topological polar surface area (TPSA) is 70.3 Å². The summed E-state index contributed by atoms with van der Waals surface area (Å²) in [6, 6.07) is 5.25. The highest BCUT2D eigenvalue weighted by Gasteiger charge is 2.13. The van der Waals surface area contributed by atoms with E-state index < -0.39 is 5.97 Å². The average molecular weight is 259 g/mol. The molecule has 0 spiro atoms. The number of esters is 1. The highest BCUT2D eigenvalue weighted by Crippen LogP contribution is 2.24. The van der Waals surface area contributed by atoms with Gasteiger partial charge >= 0.3 is 5.97 Å². The Hall–Kier alpha value is -2.28. The lowest BCUT2D eigenvalue weighted by atomic mass is 10.0. The number of aromatic hydroxyl groups is 1. The van der Waals surface area contributed by atoms with E-state index >= 15 is 0 Å². The first-order chi connectivity index (χ1) is 8.85. The number of hydrogen-bond donors (Lipinski definition) is 1. The molecule has 0 saturated heterocycles. The van der Waals surface area contributed by atoms with Gasteiger partial charge in [-0.15, -0.1) is 0 Å². The minimum atomic E-state index is -0.638. The lowest BCUT2D eigenvalue weighted by Gasteiger charge is -2.08. The largest absolute Gasteiger partial charge is 0.507 e. The minimum absolute atomic E-state index is 0.0572. The monoisotopic (exact) mass is 259 g/mol. The summed E-state index contributed by atoms with van der Waals surface area (Å²) in [7, 11) is 0. The summed E-state index contributed by atoms with van der Waals surface area (Å²) in [4.78, 5) is 11.7. The maximum atomic E-state index is 11.7. The molecule has 100 valence electrons. The Morgan fingerprint density at radius 1 is 1.37 bits per heavy atom. The molecule has 0 fully saturated rings. The third kappa shape index (κ3) is 3.85. The summed E-state index contributed by atoms with van der Waals surface area (Å²) in [5.74, 6) is -0.415. The molecule has 0 unspecified atom stereocenters. The number of nitriles is 1. The Kier molecular flexibility index (Phi) is 4.71. The van der Waals surface area contributed by atoms with Crippen molar-refractivity contribution in [1.82, 2.24) is 0 Å². The number of rotatable bonds is 3. The van der Waals surface area contributed by atoms with E-state index in [2.05, 4.69) is 0 Å². The Morgan fingerprint density at radius 3 is 2.32 bits per heavy atom. The van der Waals surface area contributed by atoms with Crippen LogP contribution in [0.4, 0.5) is 0 Å². The van der Waals surface area contributed by atoms with Gasteiger partial charge in [0.2, 0.25) is 0 Å². The second-order valence-electron chi connectivity index (χ2n) is 4.63. The normalized spacial score (nSPS) is 11.3. The van der Waals surface area contributed by atoms with Crippen LogP contribution in [-0.4, -0.2) is 17.2 Å². The van der Waals surface area contributed by atoms with E-state index in [9.17, 15) is 9.90 Å². The number of carbonyl (C=O) groups is 1. The molecule has 0 atom stereocenters. The molecule has 4 heteroatoms. The van der Waals surface area contributed by atoms with Crippen LogP contribution in [0, 0.1) is 25.2 Å². The van der Waals surface area contributed by atoms with Crippen molar-refractivity contribution in [3.8, 4) is 11.8 Å². The molecule has 0 amide bonds. The first-order valence-electron chi connectivity index (χ1n) is 5.98. The highest BCUT2D eigenvalue weighted by molar-refractivity contribution is 5.98. The van der Waals surface area contributed by atoms with Gasteiger partial charge in [-0.05, 0) is 62.6 Å². The van der Waals surface area contributed by atoms with Gasteiger partial charge in [-0.1, -0.05) is 0 Å². The molecule has 0 saturated carbocycles. The van der Waals surface area contributed by atoms with Gasteiger partial charge < -0.3 is 9.84 Å². The van der Waals surface area contributed by atoms with Crippen molar-refractivity contribution in [2.24, 2.45) is 0 Å². The van der Waals surface area contributed by atoms with Gasteiger partial charge in [0, 0.05) is 0 Å². The number of carbonyl (C=O) groups excluding carboxylic acids is 1. The smallest absolute Gasteiger partial charge is 0.349 e. The summed E-state index contributed by atoms with van der Waals surface area (Å²) in [5.41, 5.74) is 2.02. The number of ether oxygens (including phenoxy) is 1. The van der Waals surface area contributed by atoms with Crippen LogP contribution in [0.25, 0.3) is 6.08 Å². The quantitative estimate of drug-likeness (QED) is 0.514. The zero-order valence-electron chi connectivity index (χ0n) is 11.5. The number of benzene rings is 1. The first kappa shape index (κ1) is 14.8. The van der Waals surface area contributed by atoms with Crippen LogP contribution in [0.1, 0.15) is 30.5 Å². The predicted octanol–water partition coefficient (Wildman–Crippen LogP) is 2.87. The number of aryl methyl sites for hydroxylation is 2. The Labute approximate surface area is 112 Å². The number of phenols is 1. The van der Waals surface area contributed by atoms with Crippen molar-refractivity contribution in [2.75, 3.05) is 0 Å². The van der Waals surface area contributed by atoms with Gasteiger partial charge in [-0.3, -0.25) is 0 Å². The van der Waals surface area contributed by atoms with Crippen LogP contribution in [0.3, 0.4) is 0 Å². The lowest BCUT2D eigenvalue weighted by Crippen LogP contribution is -2.12. The van der Waals surface area contributed by atoms with Crippen molar-refractivity contribution >= 4 is 12.0 Å². The molecule has 0 aliphatic carbocycles. The molecule has 4 nitrogen and oxygen atoms in total. The van der Waals surface area contributed by atoms with Crippen LogP contribution < -0.4 is 0 Å². The summed E-state index contributed by atoms with van der Waals surface area (Å²) in [5, 5.41) is 18.7. The molecule has 0 aliphatic rings. The van der Waals surface area contributed by atoms with E-state index in [0.29, 0.717) is 16.7 Å². The molecule has 0 radical (unpaired) electrons. The molecule has 19 heavy (non-hydrogen) atoms. The van der Waals surface area contributed by atoms with Gasteiger partial charge in [0.15, 0.2) is 0 Å². The Bertz CT molecular complexity index is 542. The molecule has 1 aromatic carbocycles. The predicted molar refractivity (Wildman–Crippen MR) is 72.4 cm³/mol. The van der Waals surface area contributed by atoms with Gasteiger partial charge in [0.25, 0.3) is 0 Å². The van der Waals surface area contributed by atoms with Crippen LogP contribution in [0.5, 0.6) is 5.75 Å². The van der Waals surface area contributed by atoms with Gasteiger partial charge in [-0.25, -0.2) is 4.79 Å². The molecule has 1 aromatic rings. The molecule has 0 heterocycles. The highest BCUT2D eigenvalue weighted by atomic mass is 16.5. The zero-order valence-corrected chi connectivity index (χ0v) is 11.5. The summed E-state index contributed by atoms with van der Waals surface area (Å²) in [6.45, 7) is 6.97. The van der Waals surface area contributed by atoms with Crippen molar-refractivity contribution in [1.29, 1.82) is 5.26 Å². The number of phenolic OH excluding ortho intramolecular Hbond substituents is 1. The second-order valence-corrected chi connectivity index (χ2v) is 4.63. The Balaban J connectivity index is 3.12. The van der Waals surface area contributed by atoms with E-state index in [1.807, 2.05) is 6.07 Å². The minimum Gasteiger partial charge on any atom is -0.507 e. The van der Waals surface area contributed by atoms with Crippen LogP contribution in [0.15, 0.2) is 17.7 Å². The maximum Gasteiger partial charge on any atom is 0.349 e. The van der Waals surface area contributed by atoms with E-state index in [0.717, 1.165) is 0 Å². The van der Waals surface area contributed by atoms with E-state index in [1.165, 1.54) is 6.08 Å². The van der Waals surface area contributed by atoms with E-state index in [1.54, 1.807) is 39.8 Å². The average Bonchev–Trinajstić information content (AvgIpc) is 2.31. The van der Waals surface area contributed by atoms with Crippen molar-refractivity contribution < 1.29 is 14.6 Å². The van der Waals surface area contributed by atoms with Crippen LogP contribution >= 0.6 is 0 Å². The molecule has 0 bridgehead atoms. The summed E-state index contributed by atoms with van der Waals surface area (Å²) < 4.78 is 4.98. The van der Waals surface area contributed by atoms with Crippen molar-refractivity contribution in [3.63, 3.8) is 0 Å². The molecule has 1 rings (SSSR count). The van der Waals surface area contributed by atoms with E-state index in [4.69, 9.17) is 10.00 Å². The standard InChI is InChI=1S/C15H17NO3/c1-9(2)19-15(18)13(8-16)7-12-5-10(3)14(17)11(4)6-12/h5-7,9,17H,1-4H3/b13-7+. The van der Waals surface area contributed by atoms with Crippen molar-refractivity contribution in [3.05, 3.63) is 34.4 Å². The van der Waals surface area contributed by atoms with Gasteiger partial charge in [-0.2, -0.15) is 5.26 Å². The second kappa shape index (κ2) is 6.05. The summed E-state index contributed by atoms with van der Waals surface area (Å²) >= 11 is 0. The first-order valence-corrected chi connectivity index (χ1v) is 5.98. The SMILES string of the molecule is Cc1cc(/C=C(\C#N)C(=O)OC(C)C)cc(C)c1O. The lowest BCUT2D eigenvalue weighted by molar-refractivity contribution is -0.142. The van der Waals surface area contributed by atoms with Crippen molar-refractivity contribution in [2.45, 2.75) is 33.8 Å². The van der Waals surface area contributed by atoms with Gasteiger partial charge in [0.05, 0.1) is 6.10 Å². The zero-order chi connectivity index (χ0) is 14.6. The fourth-order valence-electron chi connectivity index (χ4n) is 1.65. The molecule has 0 aromatic heterocycles. The third-order valence-electron chi connectivity index (χ3n) is 2.51. The van der Waals surface area contributed by atoms with Crippen LogP contribution in [0.2, 0.25) is 0 Å².